The first-order valence-electron chi connectivity index (χ1n) is 12.7. The standard InChI is InChI=1S/C29H34N6O3/c1-18(2)15-24-33-25-26(22-7-5-6-8-23(22)32-27(25)30)35(24)17-21-11-9-20(10-12-21)16-34(29(37)38)14-13-31-28(36)19(3)4/h5-12,18H,3,13-17H2,1-2,4H3,(H2,30,32)(H,31,36)(H,37,38). The van der Waals surface area contributed by atoms with Crippen LogP contribution in [0.5, 0.6) is 0 Å². The molecule has 0 saturated carbocycles. The number of imidazole rings is 1. The molecule has 2 heterocycles. The average Bonchev–Trinajstić information content (AvgIpc) is 3.22. The molecule has 0 atom stereocenters. The molecule has 0 radical (unpaired) electrons. The number of carboxylic acid groups (broad SMARTS) is 1. The summed E-state index contributed by atoms with van der Waals surface area (Å²) in [6.45, 7) is 10.7. The number of benzene rings is 2. The summed E-state index contributed by atoms with van der Waals surface area (Å²) in [6, 6.07) is 15.8. The highest BCUT2D eigenvalue weighted by Gasteiger charge is 2.19. The Morgan fingerprint density at radius 1 is 1.11 bits per heavy atom. The number of fused-ring (bicyclic) bond motifs is 3. The fraction of sp³-hybridized carbons (Fsp3) is 0.310. The van der Waals surface area contributed by atoms with Gasteiger partial charge in [0.2, 0.25) is 5.91 Å². The summed E-state index contributed by atoms with van der Waals surface area (Å²) in [5.74, 6) is 1.51. The zero-order valence-electron chi connectivity index (χ0n) is 22.1. The number of hydrogen-bond donors (Lipinski definition) is 3. The minimum absolute atomic E-state index is 0.179. The van der Waals surface area contributed by atoms with Gasteiger partial charge in [0.15, 0.2) is 5.82 Å². The molecule has 4 N–H and O–H groups in total. The number of nitrogens with zero attached hydrogens (tertiary/aromatic N) is 4. The van der Waals surface area contributed by atoms with Crippen molar-refractivity contribution in [1.29, 1.82) is 0 Å². The summed E-state index contributed by atoms with van der Waals surface area (Å²) in [7, 11) is 0. The third-order valence-corrected chi connectivity index (χ3v) is 6.34. The van der Waals surface area contributed by atoms with Gasteiger partial charge in [0.1, 0.15) is 11.3 Å². The first-order valence-corrected chi connectivity index (χ1v) is 12.7. The Morgan fingerprint density at radius 3 is 2.45 bits per heavy atom. The summed E-state index contributed by atoms with van der Waals surface area (Å²) >= 11 is 0. The van der Waals surface area contributed by atoms with E-state index >= 15 is 0 Å². The lowest BCUT2D eigenvalue weighted by molar-refractivity contribution is -0.117. The van der Waals surface area contributed by atoms with Crippen molar-refractivity contribution in [2.24, 2.45) is 5.92 Å². The predicted octanol–water partition coefficient (Wildman–Crippen LogP) is 4.59. The van der Waals surface area contributed by atoms with Crippen LogP contribution >= 0.6 is 0 Å². The molecular weight excluding hydrogens is 480 g/mol. The molecule has 0 unspecified atom stereocenters. The van der Waals surface area contributed by atoms with Crippen molar-refractivity contribution in [1.82, 2.24) is 24.8 Å². The lowest BCUT2D eigenvalue weighted by Gasteiger charge is -2.20. The van der Waals surface area contributed by atoms with Crippen LogP contribution in [0.3, 0.4) is 0 Å². The zero-order chi connectivity index (χ0) is 27.4. The second-order valence-corrected chi connectivity index (χ2v) is 9.98. The minimum Gasteiger partial charge on any atom is -0.465 e. The van der Waals surface area contributed by atoms with Crippen LogP contribution in [0.4, 0.5) is 10.6 Å². The van der Waals surface area contributed by atoms with Gasteiger partial charge in [0.25, 0.3) is 0 Å². The number of nitrogens with one attached hydrogen (secondary N) is 1. The van der Waals surface area contributed by atoms with E-state index in [0.717, 1.165) is 39.8 Å². The molecule has 0 spiro atoms. The molecule has 198 valence electrons. The van der Waals surface area contributed by atoms with E-state index in [0.29, 0.717) is 29.4 Å². The van der Waals surface area contributed by atoms with Crippen LogP contribution in [-0.4, -0.2) is 49.6 Å². The molecule has 2 amide bonds. The SMILES string of the molecule is C=C(C)C(=O)NCCN(Cc1ccc(Cn2c(CC(C)C)nc3c(N)nc4ccccc4c32)cc1)C(=O)O. The van der Waals surface area contributed by atoms with E-state index in [1.807, 2.05) is 48.5 Å². The third-order valence-electron chi connectivity index (χ3n) is 6.34. The number of amides is 2. The molecule has 9 nitrogen and oxygen atoms in total. The summed E-state index contributed by atoms with van der Waals surface area (Å²) in [5.41, 5.74) is 11.1. The number of hydrogen-bond acceptors (Lipinski definition) is 5. The van der Waals surface area contributed by atoms with Crippen molar-refractivity contribution < 1.29 is 14.7 Å². The molecular formula is C29H34N6O3. The van der Waals surface area contributed by atoms with Gasteiger partial charge in [0, 0.05) is 43.6 Å². The number of carbonyl (C=O) groups excluding carboxylic acids is 1. The Morgan fingerprint density at radius 2 is 1.79 bits per heavy atom. The Kier molecular flexibility index (Phi) is 7.95. The second-order valence-electron chi connectivity index (χ2n) is 9.98. The van der Waals surface area contributed by atoms with Crippen molar-refractivity contribution in [3.8, 4) is 0 Å². The molecule has 0 fully saturated rings. The van der Waals surface area contributed by atoms with E-state index in [4.69, 9.17) is 10.7 Å². The first-order chi connectivity index (χ1) is 18.1. The molecule has 0 saturated heterocycles. The maximum absolute atomic E-state index is 11.7. The van der Waals surface area contributed by atoms with Gasteiger partial charge in [-0.1, -0.05) is 62.9 Å². The van der Waals surface area contributed by atoms with Gasteiger partial charge in [-0.2, -0.15) is 0 Å². The Labute approximate surface area is 222 Å². The molecule has 0 aliphatic rings. The molecule has 9 heteroatoms. The van der Waals surface area contributed by atoms with Crippen LogP contribution in [0.1, 0.15) is 37.7 Å². The highest BCUT2D eigenvalue weighted by Crippen LogP contribution is 2.30. The average molecular weight is 515 g/mol. The number of rotatable bonds is 10. The van der Waals surface area contributed by atoms with Gasteiger partial charge in [-0.25, -0.2) is 14.8 Å². The van der Waals surface area contributed by atoms with Crippen LogP contribution in [0.15, 0.2) is 60.7 Å². The Hall–Kier alpha value is -4.40. The van der Waals surface area contributed by atoms with Gasteiger partial charge in [-0.05, 0) is 30.0 Å². The number of anilines is 1. The summed E-state index contributed by atoms with van der Waals surface area (Å²) in [4.78, 5) is 34.2. The maximum Gasteiger partial charge on any atom is 0.407 e. The number of nitrogens with two attached hydrogens (primary N) is 1. The molecule has 4 aromatic rings. The second kappa shape index (κ2) is 11.3. The van der Waals surface area contributed by atoms with Crippen molar-refractivity contribution >= 4 is 39.8 Å². The van der Waals surface area contributed by atoms with Crippen LogP contribution in [-0.2, 0) is 24.3 Å². The van der Waals surface area contributed by atoms with Gasteiger partial charge >= 0.3 is 6.09 Å². The van der Waals surface area contributed by atoms with E-state index in [1.165, 1.54) is 4.90 Å². The quantitative estimate of drug-likeness (QED) is 0.266. The normalized spacial score (nSPS) is 11.3. The number of nitrogen functional groups attached to an aromatic ring is 1. The largest absolute Gasteiger partial charge is 0.465 e. The zero-order valence-corrected chi connectivity index (χ0v) is 22.1. The van der Waals surface area contributed by atoms with Crippen LogP contribution in [0.25, 0.3) is 21.9 Å². The van der Waals surface area contributed by atoms with Crippen molar-refractivity contribution in [2.45, 2.75) is 40.3 Å². The highest BCUT2D eigenvalue weighted by atomic mass is 16.4. The molecule has 0 aliphatic carbocycles. The van der Waals surface area contributed by atoms with Gasteiger partial charge < -0.3 is 25.6 Å². The lowest BCUT2D eigenvalue weighted by Crippen LogP contribution is -2.37. The van der Waals surface area contributed by atoms with Crippen molar-refractivity contribution in [3.05, 3.63) is 77.6 Å². The van der Waals surface area contributed by atoms with E-state index in [9.17, 15) is 14.7 Å². The predicted molar refractivity (Wildman–Crippen MR) is 150 cm³/mol. The maximum atomic E-state index is 11.7. The topological polar surface area (TPSA) is 126 Å². The molecule has 0 aliphatic heterocycles. The van der Waals surface area contributed by atoms with Crippen LogP contribution in [0, 0.1) is 5.92 Å². The number of para-hydroxylation sites is 1. The fourth-order valence-corrected chi connectivity index (χ4v) is 4.45. The van der Waals surface area contributed by atoms with Gasteiger partial charge in [-0.3, -0.25) is 4.79 Å². The molecule has 2 aromatic heterocycles. The van der Waals surface area contributed by atoms with E-state index in [2.05, 4.69) is 35.3 Å². The van der Waals surface area contributed by atoms with E-state index in [1.54, 1.807) is 6.92 Å². The van der Waals surface area contributed by atoms with Crippen molar-refractivity contribution in [3.63, 3.8) is 0 Å². The highest BCUT2D eigenvalue weighted by molar-refractivity contribution is 6.06. The smallest absolute Gasteiger partial charge is 0.407 e. The number of aromatic nitrogens is 3. The Bertz CT molecular complexity index is 1490. The van der Waals surface area contributed by atoms with Crippen LogP contribution in [0.2, 0.25) is 0 Å². The number of carbonyl (C=O) groups is 2. The van der Waals surface area contributed by atoms with E-state index < -0.39 is 6.09 Å². The monoisotopic (exact) mass is 514 g/mol. The van der Waals surface area contributed by atoms with Gasteiger partial charge in [-0.15, -0.1) is 0 Å². The third kappa shape index (κ3) is 5.94. The summed E-state index contributed by atoms with van der Waals surface area (Å²) < 4.78 is 2.22. The van der Waals surface area contributed by atoms with Crippen LogP contribution < -0.4 is 11.1 Å². The Balaban J connectivity index is 1.58. The summed E-state index contributed by atoms with van der Waals surface area (Å²) in [5, 5.41) is 13.3. The molecule has 0 bridgehead atoms. The van der Waals surface area contributed by atoms with Gasteiger partial charge in [0.05, 0.1) is 11.0 Å². The summed E-state index contributed by atoms with van der Waals surface area (Å²) in [6.07, 6.45) is -0.240. The van der Waals surface area contributed by atoms with Crippen molar-refractivity contribution in [2.75, 3.05) is 18.8 Å². The molecule has 4 rings (SSSR count). The first kappa shape index (κ1) is 26.7. The van der Waals surface area contributed by atoms with E-state index in [-0.39, 0.29) is 25.5 Å². The molecule has 38 heavy (non-hydrogen) atoms. The molecule has 2 aromatic carbocycles. The number of pyridine rings is 1. The fourth-order valence-electron chi connectivity index (χ4n) is 4.45. The lowest BCUT2D eigenvalue weighted by atomic mass is 10.1. The minimum atomic E-state index is -1.04.